The van der Waals surface area contributed by atoms with Crippen molar-refractivity contribution in [1.29, 1.82) is 0 Å². The topological polar surface area (TPSA) is 105 Å². The fourth-order valence-corrected chi connectivity index (χ4v) is 4.37. The van der Waals surface area contributed by atoms with Gasteiger partial charge in [-0.2, -0.15) is 0 Å². The number of rotatable bonds is 24. The van der Waals surface area contributed by atoms with Gasteiger partial charge in [-0.15, -0.1) is 0 Å². The van der Waals surface area contributed by atoms with E-state index in [1.807, 2.05) is 34.1 Å². The maximum absolute atomic E-state index is 12.5. The van der Waals surface area contributed by atoms with Crippen LogP contribution < -0.4 is 5.32 Å². The summed E-state index contributed by atoms with van der Waals surface area (Å²) in [6, 6.07) is -0.833. The van der Waals surface area contributed by atoms with Crippen LogP contribution in [0.1, 0.15) is 104 Å². The lowest BCUT2D eigenvalue weighted by Gasteiger charge is -2.25. The number of phosphoric ester groups is 1. The normalized spacial score (nSPS) is 15.6. The van der Waals surface area contributed by atoms with Gasteiger partial charge in [-0.25, -0.2) is 4.57 Å². The van der Waals surface area contributed by atoms with Gasteiger partial charge in [0.15, 0.2) is 0 Å². The van der Waals surface area contributed by atoms with Crippen molar-refractivity contribution in [1.82, 2.24) is 5.32 Å². The minimum Gasteiger partial charge on any atom is -0.387 e. The third-order valence-corrected chi connectivity index (χ3v) is 6.97. The van der Waals surface area contributed by atoms with E-state index in [0.717, 1.165) is 32.1 Å². The smallest absolute Gasteiger partial charge is 0.387 e. The standard InChI is InChI=1S/C27H55N2O6P/c1-6-8-10-11-12-13-14-15-16-17-19-21-27(31)28-25(26(30)20-18-9-7-2)24-35-36(32,33)34-23-22-29(3,4)5/h18,20,25-26,30H,6-17,19,21-24H2,1-5H3,(H-,28,31,32,33)/p+1/b20-18+. The van der Waals surface area contributed by atoms with Gasteiger partial charge in [-0.3, -0.25) is 13.8 Å². The minimum atomic E-state index is -4.29. The number of unbranched alkanes of at least 4 members (excludes halogenated alkanes) is 11. The van der Waals surface area contributed by atoms with Crippen LogP contribution in [-0.2, 0) is 18.4 Å². The number of likely N-dealkylation sites (N-methyl/N-ethyl adjacent to an activating group) is 1. The number of amides is 1. The number of nitrogens with one attached hydrogen (secondary N) is 1. The zero-order chi connectivity index (χ0) is 27.3. The molecule has 0 bridgehead atoms. The van der Waals surface area contributed by atoms with Crippen molar-refractivity contribution in [3.63, 3.8) is 0 Å². The summed E-state index contributed by atoms with van der Waals surface area (Å²) in [6.07, 6.45) is 17.8. The van der Waals surface area contributed by atoms with Gasteiger partial charge < -0.3 is 19.8 Å². The van der Waals surface area contributed by atoms with E-state index in [2.05, 4.69) is 12.2 Å². The zero-order valence-electron chi connectivity index (χ0n) is 23.8. The molecule has 1 amide bonds. The monoisotopic (exact) mass is 535 g/mol. The molecule has 0 fully saturated rings. The molecule has 0 aromatic rings. The molecule has 0 aromatic carbocycles. The van der Waals surface area contributed by atoms with E-state index in [0.29, 0.717) is 17.4 Å². The Labute approximate surface area is 221 Å². The molecule has 0 aliphatic rings. The molecule has 9 heteroatoms. The van der Waals surface area contributed by atoms with Crippen LogP contribution in [0, 0.1) is 0 Å². The van der Waals surface area contributed by atoms with Crippen molar-refractivity contribution in [2.24, 2.45) is 0 Å². The lowest BCUT2D eigenvalue weighted by molar-refractivity contribution is -0.870. The maximum atomic E-state index is 12.5. The van der Waals surface area contributed by atoms with E-state index < -0.39 is 20.0 Å². The Bertz CT molecular complexity index is 624. The van der Waals surface area contributed by atoms with Crippen LogP contribution in [0.5, 0.6) is 0 Å². The van der Waals surface area contributed by atoms with Gasteiger partial charge in [0.25, 0.3) is 0 Å². The minimum absolute atomic E-state index is 0.0616. The fraction of sp³-hybridized carbons (Fsp3) is 0.889. The predicted octanol–water partition coefficient (Wildman–Crippen LogP) is 5.73. The average molecular weight is 536 g/mol. The van der Waals surface area contributed by atoms with Crippen molar-refractivity contribution >= 4 is 13.7 Å². The van der Waals surface area contributed by atoms with Crippen LogP contribution >= 0.6 is 7.82 Å². The number of allylic oxidation sites excluding steroid dienone is 1. The SMILES string of the molecule is CCC/C=C/C(O)C(COP(=O)(O)OCC[N+](C)(C)C)NC(=O)CCCCCCCCCCCCC. The summed E-state index contributed by atoms with van der Waals surface area (Å²) < 4.78 is 23.0. The number of quaternary nitrogens is 1. The maximum Gasteiger partial charge on any atom is 0.472 e. The van der Waals surface area contributed by atoms with E-state index in [4.69, 9.17) is 9.05 Å². The average Bonchev–Trinajstić information content (AvgIpc) is 2.79. The second-order valence-corrected chi connectivity index (χ2v) is 12.2. The second-order valence-electron chi connectivity index (χ2n) is 10.8. The summed E-state index contributed by atoms with van der Waals surface area (Å²) >= 11 is 0. The summed E-state index contributed by atoms with van der Waals surface area (Å²) in [5, 5.41) is 13.3. The van der Waals surface area contributed by atoms with Gasteiger partial charge in [-0.1, -0.05) is 96.6 Å². The van der Waals surface area contributed by atoms with Crippen LogP contribution in [0.25, 0.3) is 0 Å². The highest BCUT2D eigenvalue weighted by molar-refractivity contribution is 7.47. The van der Waals surface area contributed by atoms with E-state index in [9.17, 15) is 19.4 Å². The molecule has 214 valence electrons. The fourth-order valence-electron chi connectivity index (χ4n) is 3.63. The number of carbonyl (C=O) groups is 1. The Balaban J connectivity index is 4.42. The Morgan fingerprint density at radius 1 is 0.917 bits per heavy atom. The lowest BCUT2D eigenvalue weighted by atomic mass is 10.0. The van der Waals surface area contributed by atoms with Crippen LogP contribution in [0.3, 0.4) is 0 Å². The number of aliphatic hydroxyl groups is 1. The first-order valence-corrected chi connectivity index (χ1v) is 15.6. The van der Waals surface area contributed by atoms with Gasteiger partial charge in [0, 0.05) is 6.42 Å². The van der Waals surface area contributed by atoms with Crippen molar-refractivity contribution < 1.29 is 32.9 Å². The van der Waals surface area contributed by atoms with Crippen LogP contribution in [0.4, 0.5) is 0 Å². The first-order valence-electron chi connectivity index (χ1n) is 14.1. The molecule has 8 nitrogen and oxygen atoms in total. The molecule has 0 saturated carbocycles. The Morgan fingerprint density at radius 2 is 1.47 bits per heavy atom. The summed E-state index contributed by atoms with van der Waals surface area (Å²) in [5.41, 5.74) is 0. The van der Waals surface area contributed by atoms with Gasteiger partial charge in [0.2, 0.25) is 5.91 Å². The van der Waals surface area contributed by atoms with Crippen molar-refractivity contribution in [2.45, 2.75) is 116 Å². The largest absolute Gasteiger partial charge is 0.472 e. The first kappa shape index (κ1) is 35.2. The van der Waals surface area contributed by atoms with Gasteiger partial charge >= 0.3 is 7.82 Å². The summed E-state index contributed by atoms with van der Waals surface area (Å²) in [5.74, 6) is -0.193. The molecule has 0 rings (SSSR count). The molecular formula is C27H56N2O6P+. The molecule has 0 radical (unpaired) electrons. The molecule has 0 aliphatic carbocycles. The molecule has 0 spiro atoms. The van der Waals surface area contributed by atoms with E-state index in [1.54, 1.807) is 6.08 Å². The molecule has 36 heavy (non-hydrogen) atoms. The summed E-state index contributed by atoms with van der Waals surface area (Å²) in [7, 11) is 1.56. The molecule has 0 aliphatic heterocycles. The highest BCUT2D eigenvalue weighted by Crippen LogP contribution is 2.43. The van der Waals surface area contributed by atoms with Crippen LogP contribution in [-0.4, -0.2) is 73.4 Å². The van der Waals surface area contributed by atoms with Crippen molar-refractivity contribution in [2.75, 3.05) is 40.9 Å². The van der Waals surface area contributed by atoms with E-state index in [1.165, 1.54) is 51.4 Å². The molecule has 3 atom stereocenters. The third kappa shape index (κ3) is 22.4. The Hall–Kier alpha value is -0.760. The number of hydrogen-bond acceptors (Lipinski definition) is 5. The van der Waals surface area contributed by atoms with Gasteiger partial charge in [-0.05, 0) is 12.8 Å². The Kier molecular flexibility index (Phi) is 20.8. The van der Waals surface area contributed by atoms with Crippen LogP contribution in [0.2, 0.25) is 0 Å². The number of nitrogens with zero attached hydrogens (tertiary/aromatic N) is 1. The van der Waals surface area contributed by atoms with E-state index >= 15 is 0 Å². The molecule has 3 N–H and O–H groups in total. The zero-order valence-corrected chi connectivity index (χ0v) is 24.6. The molecule has 3 unspecified atom stereocenters. The lowest BCUT2D eigenvalue weighted by Crippen LogP contribution is -2.45. The number of hydrogen-bond donors (Lipinski definition) is 3. The summed E-state index contributed by atoms with van der Waals surface area (Å²) in [4.78, 5) is 22.5. The van der Waals surface area contributed by atoms with Crippen molar-refractivity contribution in [3.8, 4) is 0 Å². The quantitative estimate of drug-likeness (QED) is 0.0631. The highest BCUT2D eigenvalue weighted by Gasteiger charge is 2.27. The molecular weight excluding hydrogens is 479 g/mol. The Morgan fingerprint density at radius 3 is 2.00 bits per heavy atom. The van der Waals surface area contributed by atoms with Crippen LogP contribution in [0.15, 0.2) is 12.2 Å². The summed E-state index contributed by atoms with van der Waals surface area (Å²) in [6.45, 7) is 4.54. The first-order chi connectivity index (χ1) is 17.0. The molecule has 0 aromatic heterocycles. The number of phosphoric acid groups is 1. The third-order valence-electron chi connectivity index (χ3n) is 5.99. The van der Waals surface area contributed by atoms with E-state index in [-0.39, 0.29) is 19.1 Å². The number of aliphatic hydroxyl groups excluding tert-OH is 1. The molecule has 0 heterocycles. The number of carbonyl (C=O) groups excluding carboxylic acids is 1. The highest BCUT2D eigenvalue weighted by atomic mass is 31.2. The second kappa shape index (κ2) is 21.2. The van der Waals surface area contributed by atoms with Gasteiger partial charge in [0.1, 0.15) is 13.2 Å². The van der Waals surface area contributed by atoms with Crippen molar-refractivity contribution in [3.05, 3.63) is 12.2 Å². The predicted molar refractivity (Wildman–Crippen MR) is 148 cm³/mol. The molecule has 0 saturated heterocycles. The van der Waals surface area contributed by atoms with Gasteiger partial charge in [0.05, 0.1) is 39.9 Å².